The highest BCUT2D eigenvalue weighted by Gasteiger charge is 2.17. The number of methoxy groups -OCH3 is 1. The Bertz CT molecular complexity index is 671. The monoisotopic (exact) mass is 356 g/mol. The van der Waals surface area contributed by atoms with E-state index in [1.54, 1.807) is 18.2 Å². The summed E-state index contributed by atoms with van der Waals surface area (Å²) in [6, 6.07) is 4.67. The topological polar surface area (TPSA) is 93.7 Å². The molecule has 7 nitrogen and oxygen atoms in total. The zero-order valence-electron chi connectivity index (χ0n) is 14.2. The first-order valence-corrected chi connectivity index (χ1v) is 9.08. The van der Waals surface area contributed by atoms with Crippen molar-refractivity contribution in [2.24, 2.45) is 0 Å². The van der Waals surface area contributed by atoms with E-state index < -0.39 is 10.0 Å². The van der Waals surface area contributed by atoms with Crippen LogP contribution in [0, 0.1) is 0 Å². The maximum Gasteiger partial charge on any atom is 0.244 e. The van der Waals surface area contributed by atoms with Crippen LogP contribution in [0.15, 0.2) is 29.2 Å². The third-order valence-corrected chi connectivity index (χ3v) is 4.58. The fourth-order valence-corrected chi connectivity index (χ4v) is 2.81. The largest absolute Gasteiger partial charge is 0.495 e. The molecule has 134 valence electrons. The number of benzene rings is 1. The van der Waals surface area contributed by atoms with Gasteiger partial charge in [0.05, 0.1) is 7.11 Å². The Kier molecular flexibility index (Phi) is 8.45. The van der Waals surface area contributed by atoms with Crippen molar-refractivity contribution in [3.8, 4) is 5.75 Å². The third kappa shape index (κ3) is 6.31. The standard InChI is InChI=1S/C16H24N2O5S/c1-4-23-11-5-10-18-16(19)9-7-13-6-8-14(22-3)15(12-13)24(20,21)17-2/h6-9,12,17H,4-5,10-11H2,1-3H3,(H,18,19)/b9-7+. The SMILES string of the molecule is CCOCCCNC(=O)/C=C/c1ccc(OC)c(S(=O)(=O)NC)c1. The molecule has 0 aliphatic heterocycles. The summed E-state index contributed by atoms with van der Waals surface area (Å²) in [5, 5.41) is 2.73. The third-order valence-electron chi connectivity index (χ3n) is 3.14. The number of ether oxygens (including phenoxy) is 2. The first-order valence-electron chi connectivity index (χ1n) is 7.59. The molecule has 0 radical (unpaired) electrons. The lowest BCUT2D eigenvalue weighted by atomic mass is 10.2. The van der Waals surface area contributed by atoms with Crippen LogP contribution >= 0.6 is 0 Å². The van der Waals surface area contributed by atoms with Gasteiger partial charge < -0.3 is 14.8 Å². The first-order chi connectivity index (χ1) is 11.4. The molecule has 0 bridgehead atoms. The van der Waals surface area contributed by atoms with Crippen LogP contribution in [0.25, 0.3) is 6.08 Å². The van der Waals surface area contributed by atoms with E-state index >= 15 is 0 Å². The predicted molar refractivity (Wildman–Crippen MR) is 92.4 cm³/mol. The lowest BCUT2D eigenvalue weighted by Gasteiger charge is -2.09. The van der Waals surface area contributed by atoms with Crippen molar-refractivity contribution < 1.29 is 22.7 Å². The zero-order chi connectivity index (χ0) is 18.0. The summed E-state index contributed by atoms with van der Waals surface area (Å²) in [6.45, 7) is 3.69. The minimum Gasteiger partial charge on any atom is -0.495 e. The van der Waals surface area contributed by atoms with Gasteiger partial charge in [-0.3, -0.25) is 4.79 Å². The van der Waals surface area contributed by atoms with Crippen molar-refractivity contribution >= 4 is 22.0 Å². The second-order valence-electron chi connectivity index (χ2n) is 4.79. The molecule has 0 aliphatic rings. The number of sulfonamides is 1. The van der Waals surface area contributed by atoms with Crippen molar-refractivity contribution in [1.82, 2.24) is 10.0 Å². The minimum absolute atomic E-state index is 0.0202. The van der Waals surface area contributed by atoms with Crippen molar-refractivity contribution in [1.29, 1.82) is 0 Å². The quantitative estimate of drug-likeness (QED) is 0.485. The Morgan fingerprint density at radius 1 is 1.33 bits per heavy atom. The maximum absolute atomic E-state index is 12.0. The van der Waals surface area contributed by atoms with E-state index in [-0.39, 0.29) is 16.6 Å². The Balaban J connectivity index is 2.74. The highest BCUT2D eigenvalue weighted by molar-refractivity contribution is 7.89. The Labute approximate surface area is 143 Å². The van der Waals surface area contributed by atoms with Gasteiger partial charge in [0.2, 0.25) is 15.9 Å². The average Bonchev–Trinajstić information content (AvgIpc) is 2.59. The van der Waals surface area contributed by atoms with Gasteiger partial charge in [0.25, 0.3) is 0 Å². The molecule has 1 amide bonds. The van der Waals surface area contributed by atoms with Crippen molar-refractivity contribution in [3.05, 3.63) is 29.8 Å². The summed E-state index contributed by atoms with van der Waals surface area (Å²) >= 11 is 0. The van der Waals surface area contributed by atoms with Crippen LogP contribution in [-0.2, 0) is 19.6 Å². The van der Waals surface area contributed by atoms with E-state index in [0.29, 0.717) is 25.3 Å². The molecule has 0 aliphatic carbocycles. The van der Waals surface area contributed by atoms with E-state index in [0.717, 1.165) is 6.42 Å². The predicted octanol–water partition coefficient (Wildman–Crippen LogP) is 1.16. The maximum atomic E-state index is 12.0. The molecule has 24 heavy (non-hydrogen) atoms. The number of carbonyl (C=O) groups excluding carboxylic acids is 1. The van der Waals surface area contributed by atoms with Gasteiger partial charge >= 0.3 is 0 Å². The second-order valence-corrected chi connectivity index (χ2v) is 6.65. The van der Waals surface area contributed by atoms with E-state index in [1.165, 1.54) is 26.3 Å². The van der Waals surface area contributed by atoms with Gasteiger partial charge in [0.1, 0.15) is 10.6 Å². The number of hydrogen-bond acceptors (Lipinski definition) is 5. The molecule has 1 aromatic rings. The molecule has 1 aromatic carbocycles. The van der Waals surface area contributed by atoms with Crippen LogP contribution in [0.1, 0.15) is 18.9 Å². The van der Waals surface area contributed by atoms with Gasteiger partial charge in [0, 0.05) is 25.8 Å². The van der Waals surface area contributed by atoms with Gasteiger partial charge in [-0.1, -0.05) is 6.07 Å². The number of hydrogen-bond donors (Lipinski definition) is 2. The van der Waals surface area contributed by atoms with Gasteiger partial charge in [0.15, 0.2) is 0 Å². The smallest absolute Gasteiger partial charge is 0.244 e. The molecule has 0 spiro atoms. The van der Waals surface area contributed by atoms with Crippen molar-refractivity contribution in [3.63, 3.8) is 0 Å². The minimum atomic E-state index is -3.65. The molecule has 1 rings (SSSR count). The molecule has 0 saturated carbocycles. The number of carbonyl (C=O) groups is 1. The van der Waals surface area contributed by atoms with E-state index in [9.17, 15) is 13.2 Å². The summed E-state index contributed by atoms with van der Waals surface area (Å²) in [6.07, 6.45) is 3.64. The summed E-state index contributed by atoms with van der Waals surface area (Å²) < 4.78 is 36.5. The summed E-state index contributed by atoms with van der Waals surface area (Å²) in [4.78, 5) is 11.7. The van der Waals surface area contributed by atoms with Crippen LogP contribution in [0.5, 0.6) is 5.75 Å². The highest BCUT2D eigenvalue weighted by Crippen LogP contribution is 2.25. The van der Waals surface area contributed by atoms with E-state index in [1.807, 2.05) is 6.92 Å². The summed E-state index contributed by atoms with van der Waals surface area (Å²) in [7, 11) is -0.924. The van der Waals surface area contributed by atoms with Gasteiger partial charge in [-0.15, -0.1) is 0 Å². The van der Waals surface area contributed by atoms with E-state index in [4.69, 9.17) is 9.47 Å². The molecule has 2 N–H and O–H groups in total. The van der Waals surface area contributed by atoms with Crippen molar-refractivity contribution in [2.75, 3.05) is 33.9 Å². The highest BCUT2D eigenvalue weighted by atomic mass is 32.2. The molecular formula is C16H24N2O5S. The average molecular weight is 356 g/mol. The molecule has 0 atom stereocenters. The molecule has 0 saturated heterocycles. The Morgan fingerprint density at radius 3 is 2.71 bits per heavy atom. The number of nitrogens with one attached hydrogen (secondary N) is 2. The number of rotatable bonds is 10. The zero-order valence-corrected chi connectivity index (χ0v) is 15.0. The summed E-state index contributed by atoms with van der Waals surface area (Å²) in [5.41, 5.74) is 0.578. The fourth-order valence-electron chi connectivity index (χ4n) is 1.88. The fraction of sp³-hybridized carbons (Fsp3) is 0.438. The molecule has 0 heterocycles. The lowest BCUT2D eigenvalue weighted by molar-refractivity contribution is -0.116. The van der Waals surface area contributed by atoms with Gasteiger partial charge in [-0.2, -0.15) is 0 Å². The molecule has 0 aromatic heterocycles. The second kappa shape index (κ2) is 10.1. The normalized spacial score (nSPS) is 11.6. The summed E-state index contributed by atoms with van der Waals surface area (Å²) in [5.74, 6) is -0.0118. The molecule has 0 fully saturated rings. The molecule has 0 unspecified atom stereocenters. The van der Waals surface area contributed by atoms with E-state index in [2.05, 4.69) is 10.0 Å². The Morgan fingerprint density at radius 2 is 2.08 bits per heavy atom. The van der Waals surface area contributed by atoms with Crippen molar-refractivity contribution in [2.45, 2.75) is 18.2 Å². The van der Waals surface area contributed by atoms with Gasteiger partial charge in [-0.05, 0) is 44.2 Å². The van der Waals surface area contributed by atoms with Gasteiger partial charge in [-0.25, -0.2) is 13.1 Å². The Hall–Kier alpha value is -1.90. The van der Waals surface area contributed by atoms with Crippen LogP contribution in [0.4, 0.5) is 0 Å². The molecular weight excluding hydrogens is 332 g/mol. The van der Waals surface area contributed by atoms with Crippen LogP contribution in [0.3, 0.4) is 0 Å². The first kappa shape index (κ1) is 20.1. The molecule has 8 heteroatoms. The van der Waals surface area contributed by atoms with Crippen LogP contribution < -0.4 is 14.8 Å². The lowest BCUT2D eigenvalue weighted by Crippen LogP contribution is -2.23. The van der Waals surface area contributed by atoms with Crippen LogP contribution in [-0.4, -0.2) is 48.2 Å². The van der Waals surface area contributed by atoms with Crippen LogP contribution in [0.2, 0.25) is 0 Å². The number of amides is 1.